The summed E-state index contributed by atoms with van der Waals surface area (Å²) in [6.07, 6.45) is 3.19. The Morgan fingerprint density at radius 3 is 2.10 bits per heavy atom. The SMILES string of the molecule is C[C@H](OC(=O)c1ccc(-c2ccc(O)cc2)cc1)C(=O)N(C)C1(C#N)CCCCC1. The molecule has 0 bridgehead atoms. The number of phenols is 1. The molecule has 1 saturated carbocycles. The number of carbonyl (C=O) groups is 2. The summed E-state index contributed by atoms with van der Waals surface area (Å²) in [6, 6.07) is 15.9. The van der Waals surface area contributed by atoms with Crippen LogP contribution in [0.4, 0.5) is 0 Å². The van der Waals surface area contributed by atoms with E-state index in [1.165, 1.54) is 11.8 Å². The summed E-state index contributed by atoms with van der Waals surface area (Å²) in [5.41, 5.74) is 1.32. The molecule has 6 heteroatoms. The van der Waals surface area contributed by atoms with Gasteiger partial charge < -0.3 is 14.7 Å². The number of amides is 1. The van der Waals surface area contributed by atoms with Gasteiger partial charge in [0.25, 0.3) is 5.91 Å². The zero-order valence-electron chi connectivity index (χ0n) is 17.3. The Morgan fingerprint density at radius 2 is 1.57 bits per heavy atom. The molecule has 1 aliphatic rings. The van der Waals surface area contributed by atoms with Gasteiger partial charge >= 0.3 is 5.97 Å². The number of nitriles is 1. The van der Waals surface area contributed by atoms with Crippen LogP contribution in [-0.2, 0) is 9.53 Å². The molecular formula is C24H26N2O4. The highest BCUT2D eigenvalue weighted by molar-refractivity contribution is 5.93. The maximum absolute atomic E-state index is 12.8. The molecular weight excluding hydrogens is 380 g/mol. The second-order valence-corrected chi connectivity index (χ2v) is 7.77. The first-order valence-electron chi connectivity index (χ1n) is 10.2. The molecule has 1 fully saturated rings. The fourth-order valence-corrected chi connectivity index (χ4v) is 3.87. The quantitative estimate of drug-likeness (QED) is 0.748. The van der Waals surface area contributed by atoms with Crippen LogP contribution in [0.2, 0.25) is 0 Å². The van der Waals surface area contributed by atoms with Crippen molar-refractivity contribution in [3.05, 3.63) is 54.1 Å². The molecule has 1 aliphatic carbocycles. The largest absolute Gasteiger partial charge is 0.508 e. The Morgan fingerprint density at radius 1 is 1.03 bits per heavy atom. The highest BCUT2D eigenvalue weighted by Crippen LogP contribution is 2.33. The molecule has 6 nitrogen and oxygen atoms in total. The highest BCUT2D eigenvalue weighted by Gasteiger charge is 2.40. The van der Waals surface area contributed by atoms with Crippen LogP contribution in [0, 0.1) is 11.3 Å². The molecule has 1 amide bonds. The molecule has 0 saturated heterocycles. The summed E-state index contributed by atoms with van der Waals surface area (Å²) >= 11 is 0. The number of carbonyl (C=O) groups excluding carboxylic acids is 2. The van der Waals surface area contributed by atoms with E-state index < -0.39 is 17.6 Å². The van der Waals surface area contributed by atoms with Crippen molar-refractivity contribution in [3.8, 4) is 22.9 Å². The lowest BCUT2D eigenvalue weighted by atomic mass is 9.81. The zero-order valence-corrected chi connectivity index (χ0v) is 17.3. The molecule has 0 aliphatic heterocycles. The van der Waals surface area contributed by atoms with Crippen LogP contribution in [-0.4, -0.2) is 40.6 Å². The average Bonchev–Trinajstić information content (AvgIpc) is 2.79. The van der Waals surface area contributed by atoms with Gasteiger partial charge in [0, 0.05) is 7.05 Å². The minimum absolute atomic E-state index is 0.189. The Labute approximate surface area is 176 Å². The number of esters is 1. The van der Waals surface area contributed by atoms with Gasteiger partial charge in [0.15, 0.2) is 6.10 Å². The summed E-state index contributed by atoms with van der Waals surface area (Å²) in [5, 5.41) is 19.1. The average molecular weight is 406 g/mol. The van der Waals surface area contributed by atoms with Gasteiger partial charge in [0.1, 0.15) is 11.3 Å². The Hall–Kier alpha value is -3.33. The van der Waals surface area contributed by atoms with Crippen LogP contribution in [0.15, 0.2) is 48.5 Å². The minimum atomic E-state index is -0.980. The molecule has 0 aromatic heterocycles. The zero-order chi connectivity index (χ0) is 21.7. The van der Waals surface area contributed by atoms with Crippen LogP contribution >= 0.6 is 0 Å². The maximum Gasteiger partial charge on any atom is 0.338 e. The third-order valence-electron chi connectivity index (χ3n) is 5.81. The summed E-state index contributed by atoms with van der Waals surface area (Å²) in [6.45, 7) is 1.54. The van der Waals surface area contributed by atoms with Gasteiger partial charge in [-0.3, -0.25) is 4.79 Å². The van der Waals surface area contributed by atoms with E-state index in [2.05, 4.69) is 6.07 Å². The summed E-state index contributed by atoms with van der Waals surface area (Å²) in [5.74, 6) is -0.766. The smallest absolute Gasteiger partial charge is 0.338 e. The fourth-order valence-electron chi connectivity index (χ4n) is 3.87. The first-order valence-corrected chi connectivity index (χ1v) is 10.2. The topological polar surface area (TPSA) is 90.6 Å². The van der Waals surface area contributed by atoms with E-state index in [0.29, 0.717) is 18.4 Å². The maximum atomic E-state index is 12.8. The van der Waals surface area contributed by atoms with Gasteiger partial charge in [-0.25, -0.2) is 4.79 Å². The predicted octanol–water partition coefficient (Wildman–Crippen LogP) is 4.29. The van der Waals surface area contributed by atoms with Gasteiger partial charge in [-0.05, 0) is 55.2 Å². The van der Waals surface area contributed by atoms with Gasteiger partial charge in [0.05, 0.1) is 11.6 Å². The predicted molar refractivity (Wildman–Crippen MR) is 113 cm³/mol. The monoisotopic (exact) mass is 406 g/mol. The third-order valence-corrected chi connectivity index (χ3v) is 5.81. The number of phenolic OH excluding ortho intramolecular Hbond substituents is 1. The lowest BCUT2D eigenvalue weighted by Crippen LogP contribution is -2.53. The van der Waals surface area contributed by atoms with Crippen molar-refractivity contribution < 1.29 is 19.4 Å². The van der Waals surface area contributed by atoms with Gasteiger partial charge in [-0.2, -0.15) is 5.26 Å². The number of rotatable bonds is 5. The van der Waals surface area contributed by atoms with Crippen molar-refractivity contribution >= 4 is 11.9 Å². The molecule has 1 N–H and O–H groups in total. The first kappa shape index (κ1) is 21.4. The first-order chi connectivity index (χ1) is 14.4. The van der Waals surface area contributed by atoms with Crippen LogP contribution in [0.3, 0.4) is 0 Å². The minimum Gasteiger partial charge on any atom is -0.508 e. The van der Waals surface area contributed by atoms with Crippen LogP contribution in [0.5, 0.6) is 5.75 Å². The van der Waals surface area contributed by atoms with E-state index in [0.717, 1.165) is 30.4 Å². The van der Waals surface area contributed by atoms with E-state index in [9.17, 15) is 20.0 Å². The number of likely N-dealkylation sites (N-methyl/N-ethyl adjacent to an activating group) is 1. The van der Waals surface area contributed by atoms with Gasteiger partial charge in [0.2, 0.25) is 0 Å². The number of benzene rings is 2. The number of nitrogens with zero attached hydrogens (tertiary/aromatic N) is 2. The summed E-state index contributed by atoms with van der Waals surface area (Å²) in [4.78, 5) is 26.8. The lowest BCUT2D eigenvalue weighted by molar-refractivity contribution is -0.143. The summed E-state index contributed by atoms with van der Waals surface area (Å²) in [7, 11) is 1.62. The lowest BCUT2D eigenvalue weighted by Gasteiger charge is -2.39. The molecule has 2 aromatic rings. The molecule has 156 valence electrons. The highest BCUT2D eigenvalue weighted by atomic mass is 16.5. The molecule has 30 heavy (non-hydrogen) atoms. The number of ether oxygens (including phenoxy) is 1. The van der Waals surface area contributed by atoms with Crippen LogP contribution in [0.1, 0.15) is 49.4 Å². The van der Waals surface area contributed by atoms with E-state index in [1.807, 2.05) is 0 Å². The second-order valence-electron chi connectivity index (χ2n) is 7.77. The van der Waals surface area contributed by atoms with Crippen LogP contribution < -0.4 is 0 Å². The van der Waals surface area contributed by atoms with E-state index in [1.54, 1.807) is 55.6 Å². The second kappa shape index (κ2) is 9.00. The molecule has 0 unspecified atom stereocenters. The number of hydrogen-bond acceptors (Lipinski definition) is 5. The van der Waals surface area contributed by atoms with Gasteiger partial charge in [-0.1, -0.05) is 43.5 Å². The number of hydrogen-bond donors (Lipinski definition) is 1. The molecule has 0 spiro atoms. The Bertz CT molecular complexity index is 939. The Balaban J connectivity index is 1.65. The number of aromatic hydroxyl groups is 1. The van der Waals surface area contributed by atoms with Crippen molar-refractivity contribution in [3.63, 3.8) is 0 Å². The van der Waals surface area contributed by atoms with Gasteiger partial charge in [-0.15, -0.1) is 0 Å². The molecule has 3 rings (SSSR count). The van der Waals surface area contributed by atoms with Crippen molar-refractivity contribution in [1.82, 2.24) is 4.90 Å². The van der Waals surface area contributed by atoms with Crippen molar-refractivity contribution in [2.24, 2.45) is 0 Å². The van der Waals surface area contributed by atoms with E-state index in [-0.39, 0.29) is 11.7 Å². The van der Waals surface area contributed by atoms with Crippen LogP contribution in [0.25, 0.3) is 11.1 Å². The third kappa shape index (κ3) is 4.46. The Kier molecular flexibility index (Phi) is 6.41. The normalized spacial score (nSPS) is 16.2. The van der Waals surface area contributed by atoms with Crippen molar-refractivity contribution in [2.45, 2.75) is 50.7 Å². The van der Waals surface area contributed by atoms with E-state index >= 15 is 0 Å². The molecule has 0 radical (unpaired) electrons. The van der Waals surface area contributed by atoms with Crippen molar-refractivity contribution in [2.75, 3.05) is 7.05 Å². The van der Waals surface area contributed by atoms with E-state index in [4.69, 9.17) is 4.74 Å². The molecule has 2 aromatic carbocycles. The summed E-state index contributed by atoms with van der Waals surface area (Å²) < 4.78 is 5.39. The van der Waals surface area contributed by atoms with Crippen molar-refractivity contribution in [1.29, 1.82) is 5.26 Å². The molecule has 0 heterocycles. The molecule has 1 atom stereocenters. The standard InChI is InChI=1S/C24H26N2O4/c1-17(22(28)26(2)24(16-25)14-4-3-5-15-24)30-23(29)20-8-6-18(7-9-20)19-10-12-21(27)13-11-19/h6-13,17,27H,3-5,14-15H2,1-2H3/t17-/m0/s1. The fraction of sp³-hybridized carbons (Fsp3) is 0.375.